The summed E-state index contributed by atoms with van der Waals surface area (Å²) < 4.78 is 26.5. The van der Waals surface area contributed by atoms with Crippen molar-refractivity contribution in [2.24, 2.45) is 0 Å². The second kappa shape index (κ2) is 4.66. The van der Waals surface area contributed by atoms with Gasteiger partial charge in [-0.1, -0.05) is 6.07 Å². The molecular formula is C12H12N2O3S. The van der Waals surface area contributed by atoms with E-state index in [1.54, 1.807) is 25.1 Å². The number of pyridine rings is 1. The molecule has 0 spiro atoms. The number of nitrogens with zero attached hydrogens (tertiary/aromatic N) is 1. The number of aromatic hydroxyl groups is 1. The number of benzene rings is 1. The quantitative estimate of drug-likeness (QED) is 0.887. The highest BCUT2D eigenvalue weighted by atomic mass is 32.2. The maximum absolute atomic E-state index is 12.0. The van der Waals surface area contributed by atoms with Gasteiger partial charge < -0.3 is 5.11 Å². The fourth-order valence-corrected chi connectivity index (χ4v) is 2.53. The minimum Gasteiger partial charge on any atom is -0.508 e. The highest BCUT2D eigenvalue weighted by Gasteiger charge is 2.15. The van der Waals surface area contributed by atoms with Gasteiger partial charge in [-0.3, -0.25) is 9.71 Å². The van der Waals surface area contributed by atoms with Gasteiger partial charge in [0.15, 0.2) is 0 Å². The van der Waals surface area contributed by atoms with Gasteiger partial charge in [-0.05, 0) is 31.2 Å². The first-order valence-corrected chi connectivity index (χ1v) is 6.70. The molecule has 0 aliphatic rings. The van der Waals surface area contributed by atoms with Crippen LogP contribution < -0.4 is 4.72 Å². The summed E-state index contributed by atoms with van der Waals surface area (Å²) in [5, 5.41) is 9.52. The fourth-order valence-electron chi connectivity index (χ4n) is 1.44. The summed E-state index contributed by atoms with van der Waals surface area (Å²) in [4.78, 5) is 3.84. The van der Waals surface area contributed by atoms with Crippen LogP contribution in [-0.2, 0) is 10.0 Å². The summed E-state index contributed by atoms with van der Waals surface area (Å²) in [6.07, 6.45) is 2.76. The van der Waals surface area contributed by atoms with Gasteiger partial charge in [0.25, 0.3) is 10.0 Å². The third-order valence-corrected chi connectivity index (χ3v) is 3.84. The van der Waals surface area contributed by atoms with E-state index in [0.29, 0.717) is 11.3 Å². The molecular weight excluding hydrogens is 252 g/mol. The van der Waals surface area contributed by atoms with Crippen LogP contribution >= 0.6 is 0 Å². The molecule has 0 saturated carbocycles. The Balaban J connectivity index is 2.37. The third kappa shape index (κ3) is 2.43. The molecule has 1 aromatic carbocycles. The van der Waals surface area contributed by atoms with Gasteiger partial charge in [0.05, 0.1) is 5.69 Å². The van der Waals surface area contributed by atoms with Crippen LogP contribution in [-0.4, -0.2) is 18.5 Å². The molecule has 0 radical (unpaired) electrons. The lowest BCUT2D eigenvalue weighted by Crippen LogP contribution is -2.13. The molecule has 0 fully saturated rings. The zero-order valence-electron chi connectivity index (χ0n) is 9.66. The molecule has 1 heterocycles. The Kier molecular flexibility index (Phi) is 3.20. The van der Waals surface area contributed by atoms with E-state index in [-0.39, 0.29) is 10.6 Å². The zero-order valence-corrected chi connectivity index (χ0v) is 10.5. The molecule has 6 heteroatoms. The van der Waals surface area contributed by atoms with Gasteiger partial charge in [0, 0.05) is 18.0 Å². The lowest BCUT2D eigenvalue weighted by molar-refractivity contribution is 0.471. The first kappa shape index (κ1) is 12.4. The zero-order chi connectivity index (χ0) is 13.2. The molecule has 2 N–H and O–H groups in total. The van der Waals surface area contributed by atoms with E-state index < -0.39 is 10.0 Å². The Morgan fingerprint density at radius 2 is 2.00 bits per heavy atom. The van der Waals surface area contributed by atoms with Crippen molar-refractivity contribution in [1.29, 1.82) is 0 Å². The molecule has 0 saturated heterocycles. The molecule has 1 aromatic heterocycles. The van der Waals surface area contributed by atoms with Crippen LogP contribution in [0, 0.1) is 6.92 Å². The van der Waals surface area contributed by atoms with Crippen LogP contribution in [0.15, 0.2) is 47.6 Å². The topological polar surface area (TPSA) is 79.3 Å². The van der Waals surface area contributed by atoms with Gasteiger partial charge in [-0.25, -0.2) is 8.42 Å². The van der Waals surface area contributed by atoms with Crippen LogP contribution in [0.3, 0.4) is 0 Å². The molecule has 2 aromatic rings. The monoisotopic (exact) mass is 264 g/mol. The minimum atomic E-state index is -3.68. The van der Waals surface area contributed by atoms with Crippen LogP contribution in [0.4, 0.5) is 5.69 Å². The minimum absolute atomic E-state index is 0.0430. The summed E-state index contributed by atoms with van der Waals surface area (Å²) in [5.41, 5.74) is 0.823. The number of hydrogen-bond donors (Lipinski definition) is 2. The molecule has 2 rings (SSSR count). The van der Waals surface area contributed by atoms with Gasteiger partial charge in [-0.15, -0.1) is 0 Å². The van der Waals surface area contributed by atoms with Crippen molar-refractivity contribution in [3.63, 3.8) is 0 Å². The van der Waals surface area contributed by atoms with Crippen LogP contribution in [0.5, 0.6) is 5.75 Å². The van der Waals surface area contributed by atoms with E-state index in [2.05, 4.69) is 9.71 Å². The van der Waals surface area contributed by atoms with E-state index in [9.17, 15) is 13.5 Å². The summed E-state index contributed by atoms with van der Waals surface area (Å²) in [7, 11) is -3.68. The SMILES string of the molecule is Cc1c(O)cccc1NS(=O)(=O)c1cccnc1. The summed E-state index contributed by atoms with van der Waals surface area (Å²) in [5.74, 6) is 0.0430. The summed E-state index contributed by atoms with van der Waals surface area (Å²) in [6, 6.07) is 7.65. The average Bonchev–Trinajstić information content (AvgIpc) is 2.36. The van der Waals surface area contributed by atoms with Crippen molar-refractivity contribution in [3.05, 3.63) is 48.3 Å². The van der Waals surface area contributed by atoms with Crippen molar-refractivity contribution in [2.75, 3.05) is 4.72 Å². The maximum Gasteiger partial charge on any atom is 0.263 e. The van der Waals surface area contributed by atoms with Crippen LogP contribution in [0.2, 0.25) is 0 Å². The van der Waals surface area contributed by atoms with E-state index >= 15 is 0 Å². The lowest BCUT2D eigenvalue weighted by Gasteiger charge is -2.10. The van der Waals surface area contributed by atoms with Gasteiger partial charge >= 0.3 is 0 Å². The highest BCUT2D eigenvalue weighted by molar-refractivity contribution is 7.92. The number of hydrogen-bond acceptors (Lipinski definition) is 4. The van der Waals surface area contributed by atoms with E-state index in [4.69, 9.17) is 0 Å². The smallest absolute Gasteiger partial charge is 0.263 e. The summed E-state index contributed by atoms with van der Waals surface area (Å²) in [6.45, 7) is 1.64. The summed E-state index contributed by atoms with van der Waals surface area (Å²) >= 11 is 0. The Morgan fingerprint density at radius 1 is 1.22 bits per heavy atom. The molecule has 5 nitrogen and oxygen atoms in total. The Labute approximate surface area is 105 Å². The van der Waals surface area contributed by atoms with Crippen molar-refractivity contribution >= 4 is 15.7 Å². The first-order chi connectivity index (χ1) is 8.50. The number of phenolic OH excluding ortho intramolecular Hbond substituents is 1. The molecule has 18 heavy (non-hydrogen) atoms. The second-order valence-electron chi connectivity index (χ2n) is 3.74. The standard InChI is InChI=1S/C12H12N2O3S/c1-9-11(5-2-6-12(9)15)14-18(16,17)10-4-3-7-13-8-10/h2-8,14-15H,1H3. The van der Waals surface area contributed by atoms with Crippen LogP contribution in [0.1, 0.15) is 5.56 Å². The number of rotatable bonds is 3. The van der Waals surface area contributed by atoms with Crippen LogP contribution in [0.25, 0.3) is 0 Å². The van der Waals surface area contributed by atoms with E-state index in [1.165, 1.54) is 24.5 Å². The molecule has 0 atom stereocenters. The number of anilines is 1. The normalized spacial score (nSPS) is 11.2. The second-order valence-corrected chi connectivity index (χ2v) is 5.43. The maximum atomic E-state index is 12.0. The molecule has 94 valence electrons. The molecule has 0 aliphatic carbocycles. The molecule has 0 unspecified atom stereocenters. The third-order valence-electron chi connectivity index (χ3n) is 2.49. The largest absolute Gasteiger partial charge is 0.508 e. The Morgan fingerprint density at radius 3 is 2.67 bits per heavy atom. The van der Waals surface area contributed by atoms with Gasteiger partial charge in [0.1, 0.15) is 10.6 Å². The van der Waals surface area contributed by atoms with Crippen molar-refractivity contribution < 1.29 is 13.5 Å². The first-order valence-electron chi connectivity index (χ1n) is 5.22. The van der Waals surface area contributed by atoms with Gasteiger partial charge in [0.2, 0.25) is 0 Å². The van der Waals surface area contributed by atoms with Gasteiger partial charge in [-0.2, -0.15) is 0 Å². The average molecular weight is 264 g/mol. The molecule has 0 bridgehead atoms. The Bertz CT molecular complexity index is 654. The number of sulfonamides is 1. The van der Waals surface area contributed by atoms with Crippen molar-refractivity contribution in [1.82, 2.24) is 4.98 Å². The van der Waals surface area contributed by atoms with E-state index in [1.807, 2.05) is 0 Å². The molecule has 0 amide bonds. The predicted molar refractivity (Wildman–Crippen MR) is 67.9 cm³/mol. The van der Waals surface area contributed by atoms with Crippen molar-refractivity contribution in [3.8, 4) is 5.75 Å². The fraction of sp³-hybridized carbons (Fsp3) is 0.0833. The highest BCUT2D eigenvalue weighted by Crippen LogP contribution is 2.25. The number of nitrogens with one attached hydrogen (secondary N) is 1. The number of aromatic nitrogens is 1. The van der Waals surface area contributed by atoms with E-state index in [0.717, 1.165) is 0 Å². The number of phenols is 1. The van der Waals surface area contributed by atoms with Crippen molar-refractivity contribution in [2.45, 2.75) is 11.8 Å². The lowest BCUT2D eigenvalue weighted by atomic mass is 10.2. The molecule has 0 aliphatic heterocycles. The Hall–Kier alpha value is -2.08. The predicted octanol–water partition coefficient (Wildman–Crippen LogP) is 1.90.